The van der Waals surface area contributed by atoms with E-state index in [-0.39, 0.29) is 24.6 Å². The van der Waals surface area contributed by atoms with Crippen molar-refractivity contribution >= 4 is 6.03 Å². The number of nitrogens with one attached hydrogen (secondary N) is 2. The number of fused-ring (bicyclic) bond motifs is 2. The van der Waals surface area contributed by atoms with Crippen LogP contribution in [-0.2, 0) is 4.74 Å². The molecule has 0 heterocycles. The zero-order chi connectivity index (χ0) is 14.4. The average molecular weight is 282 g/mol. The van der Waals surface area contributed by atoms with Crippen molar-refractivity contribution in [2.75, 3.05) is 26.4 Å². The molecule has 0 spiro atoms. The molecule has 2 saturated carbocycles. The van der Waals surface area contributed by atoms with Gasteiger partial charge in [-0.25, -0.2) is 4.79 Å². The molecular formula is C15H26N2O3. The molecule has 2 fully saturated rings. The van der Waals surface area contributed by atoms with Gasteiger partial charge >= 0.3 is 6.03 Å². The van der Waals surface area contributed by atoms with Crippen LogP contribution < -0.4 is 10.6 Å². The molecule has 5 heteroatoms. The van der Waals surface area contributed by atoms with Gasteiger partial charge in [-0.1, -0.05) is 6.08 Å². The van der Waals surface area contributed by atoms with Gasteiger partial charge in [-0.05, 0) is 37.5 Å². The van der Waals surface area contributed by atoms with Crippen LogP contribution in [0, 0.1) is 17.8 Å². The lowest BCUT2D eigenvalue weighted by atomic mass is 9.85. The van der Waals surface area contributed by atoms with E-state index in [1.54, 1.807) is 0 Å². The maximum absolute atomic E-state index is 11.9. The number of aliphatic hydroxyl groups excluding tert-OH is 1. The molecule has 0 aromatic carbocycles. The predicted octanol–water partition coefficient (Wildman–Crippen LogP) is 1.29. The van der Waals surface area contributed by atoms with Crippen molar-refractivity contribution in [1.82, 2.24) is 10.6 Å². The van der Waals surface area contributed by atoms with Crippen LogP contribution in [0.4, 0.5) is 4.79 Å². The Kier molecular flexibility index (Phi) is 5.86. The van der Waals surface area contributed by atoms with Crippen LogP contribution in [0.2, 0.25) is 0 Å². The number of ether oxygens (including phenoxy) is 1. The number of rotatable bonds is 8. The van der Waals surface area contributed by atoms with Gasteiger partial charge in [-0.3, -0.25) is 0 Å². The number of carbonyl (C=O) groups is 1. The number of hydrogen-bond donors (Lipinski definition) is 3. The van der Waals surface area contributed by atoms with Crippen molar-refractivity contribution in [1.29, 1.82) is 0 Å². The normalized spacial score (nSPS) is 31.2. The van der Waals surface area contributed by atoms with Gasteiger partial charge in [-0.2, -0.15) is 0 Å². The third kappa shape index (κ3) is 3.73. The van der Waals surface area contributed by atoms with E-state index < -0.39 is 0 Å². The first-order valence-corrected chi connectivity index (χ1v) is 7.60. The molecule has 3 N–H and O–H groups in total. The van der Waals surface area contributed by atoms with Crippen molar-refractivity contribution in [3.05, 3.63) is 12.7 Å². The first kappa shape index (κ1) is 15.3. The lowest BCUT2D eigenvalue weighted by molar-refractivity contribution is 0.135. The summed E-state index contributed by atoms with van der Waals surface area (Å²) in [6, 6.07) is -0.00578. The Labute approximate surface area is 120 Å². The Balaban J connectivity index is 1.63. The van der Waals surface area contributed by atoms with Crippen LogP contribution in [-0.4, -0.2) is 43.5 Å². The Hall–Kier alpha value is -1.07. The highest BCUT2D eigenvalue weighted by atomic mass is 16.5. The van der Waals surface area contributed by atoms with Gasteiger partial charge in [0.25, 0.3) is 0 Å². The minimum absolute atomic E-state index is 0.139. The summed E-state index contributed by atoms with van der Waals surface area (Å²) in [5, 5.41) is 15.3. The molecule has 5 nitrogen and oxygen atoms in total. The van der Waals surface area contributed by atoms with E-state index in [4.69, 9.17) is 4.74 Å². The summed E-state index contributed by atoms with van der Waals surface area (Å²) >= 11 is 0. The standard InChI is InChI=1S/C15H26N2O3/c1-2-3-7-20-8-6-16-15(19)17-14-12-5-4-11(9-12)13(14)10-18/h2,11-14,18H,1,3-10H2,(H2,16,17,19). The first-order valence-electron chi connectivity index (χ1n) is 7.60. The van der Waals surface area contributed by atoms with Crippen molar-refractivity contribution in [2.24, 2.45) is 17.8 Å². The van der Waals surface area contributed by atoms with Crippen LogP contribution in [0.3, 0.4) is 0 Å². The van der Waals surface area contributed by atoms with E-state index >= 15 is 0 Å². The monoisotopic (exact) mass is 282 g/mol. The Morgan fingerprint density at radius 2 is 2.15 bits per heavy atom. The van der Waals surface area contributed by atoms with E-state index in [1.807, 2.05) is 6.08 Å². The van der Waals surface area contributed by atoms with Crippen LogP contribution >= 0.6 is 0 Å². The van der Waals surface area contributed by atoms with Gasteiger partial charge in [0, 0.05) is 25.1 Å². The number of amides is 2. The molecule has 2 rings (SSSR count). The second-order valence-corrected chi connectivity index (χ2v) is 5.80. The van der Waals surface area contributed by atoms with Crippen LogP contribution in [0.1, 0.15) is 25.7 Å². The molecule has 2 bridgehead atoms. The number of hydrogen-bond acceptors (Lipinski definition) is 3. The minimum Gasteiger partial charge on any atom is -0.396 e. The molecule has 114 valence electrons. The zero-order valence-electron chi connectivity index (χ0n) is 12.0. The fraction of sp³-hybridized carbons (Fsp3) is 0.800. The lowest BCUT2D eigenvalue weighted by Crippen LogP contribution is -2.49. The van der Waals surface area contributed by atoms with Crippen molar-refractivity contribution in [3.8, 4) is 0 Å². The maximum Gasteiger partial charge on any atom is 0.315 e. The van der Waals surface area contributed by atoms with E-state index in [0.29, 0.717) is 31.6 Å². The molecule has 4 atom stereocenters. The molecule has 0 radical (unpaired) electrons. The second kappa shape index (κ2) is 7.64. The summed E-state index contributed by atoms with van der Waals surface area (Å²) in [6.45, 7) is 5.46. The average Bonchev–Trinajstić information content (AvgIpc) is 3.03. The SMILES string of the molecule is C=CCCOCCNC(=O)NC1C2CCC(C2)C1CO. The van der Waals surface area contributed by atoms with Crippen LogP contribution in [0.25, 0.3) is 0 Å². The van der Waals surface area contributed by atoms with E-state index in [2.05, 4.69) is 17.2 Å². The third-order valence-corrected chi connectivity index (χ3v) is 4.60. The molecule has 2 aliphatic rings. The molecule has 2 aliphatic carbocycles. The highest BCUT2D eigenvalue weighted by molar-refractivity contribution is 5.74. The second-order valence-electron chi connectivity index (χ2n) is 5.80. The first-order chi connectivity index (χ1) is 9.76. The van der Waals surface area contributed by atoms with Gasteiger partial charge in [0.1, 0.15) is 0 Å². The Morgan fingerprint density at radius 3 is 2.90 bits per heavy atom. The smallest absolute Gasteiger partial charge is 0.315 e. The van der Waals surface area contributed by atoms with Crippen molar-refractivity contribution in [2.45, 2.75) is 31.7 Å². The van der Waals surface area contributed by atoms with Gasteiger partial charge < -0.3 is 20.5 Å². The topological polar surface area (TPSA) is 70.6 Å². The van der Waals surface area contributed by atoms with E-state index in [0.717, 1.165) is 12.8 Å². The lowest BCUT2D eigenvalue weighted by Gasteiger charge is -2.30. The maximum atomic E-state index is 11.9. The van der Waals surface area contributed by atoms with E-state index in [9.17, 15) is 9.90 Å². The molecule has 20 heavy (non-hydrogen) atoms. The molecule has 4 unspecified atom stereocenters. The highest BCUT2D eigenvalue weighted by Gasteiger charge is 2.47. The number of urea groups is 1. The molecule has 0 aromatic rings. The fourth-order valence-electron chi connectivity index (χ4n) is 3.61. The fourth-order valence-corrected chi connectivity index (χ4v) is 3.61. The van der Waals surface area contributed by atoms with Gasteiger partial charge in [0.05, 0.1) is 13.2 Å². The molecule has 2 amide bonds. The Bertz CT molecular complexity index is 335. The van der Waals surface area contributed by atoms with Gasteiger partial charge in [0.15, 0.2) is 0 Å². The largest absolute Gasteiger partial charge is 0.396 e. The molecule has 0 saturated heterocycles. The minimum atomic E-state index is -0.145. The number of carbonyl (C=O) groups excluding carboxylic acids is 1. The quantitative estimate of drug-likeness (QED) is 0.464. The number of aliphatic hydroxyl groups is 1. The summed E-state index contributed by atoms with van der Waals surface area (Å²) in [6.07, 6.45) is 6.17. The van der Waals surface area contributed by atoms with Gasteiger partial charge in [0.2, 0.25) is 0 Å². The predicted molar refractivity (Wildman–Crippen MR) is 77.4 cm³/mol. The van der Waals surface area contributed by atoms with Crippen molar-refractivity contribution in [3.63, 3.8) is 0 Å². The van der Waals surface area contributed by atoms with Crippen molar-refractivity contribution < 1.29 is 14.6 Å². The van der Waals surface area contributed by atoms with Crippen LogP contribution in [0.5, 0.6) is 0 Å². The summed E-state index contributed by atoms with van der Waals surface area (Å²) in [7, 11) is 0. The summed E-state index contributed by atoms with van der Waals surface area (Å²) in [4.78, 5) is 11.9. The zero-order valence-corrected chi connectivity index (χ0v) is 12.0. The third-order valence-electron chi connectivity index (χ3n) is 4.60. The van der Waals surface area contributed by atoms with Gasteiger partial charge in [-0.15, -0.1) is 6.58 Å². The summed E-state index contributed by atoms with van der Waals surface area (Å²) in [5.74, 6) is 1.38. The van der Waals surface area contributed by atoms with Crippen LogP contribution in [0.15, 0.2) is 12.7 Å². The van der Waals surface area contributed by atoms with E-state index in [1.165, 1.54) is 12.8 Å². The summed E-state index contributed by atoms with van der Waals surface area (Å²) in [5.41, 5.74) is 0. The molecular weight excluding hydrogens is 256 g/mol. The summed E-state index contributed by atoms with van der Waals surface area (Å²) < 4.78 is 5.33. The Morgan fingerprint density at radius 1 is 1.35 bits per heavy atom. The highest BCUT2D eigenvalue weighted by Crippen LogP contribution is 2.48. The molecule has 0 aromatic heterocycles. The molecule has 0 aliphatic heterocycles.